The summed E-state index contributed by atoms with van der Waals surface area (Å²) in [4.78, 5) is 16.8. The summed E-state index contributed by atoms with van der Waals surface area (Å²) in [5.41, 5.74) is 1.93. The SMILES string of the molecule is C=CCn1c(SCc2ccc(C(=O)N3CCN(C)CC3)cc2)nnc1C(C)C. The van der Waals surface area contributed by atoms with Crippen LogP contribution in [-0.2, 0) is 12.3 Å². The van der Waals surface area contributed by atoms with Crippen LogP contribution >= 0.6 is 11.8 Å². The highest BCUT2D eigenvalue weighted by Gasteiger charge is 2.20. The van der Waals surface area contributed by atoms with Gasteiger partial charge in [0.15, 0.2) is 5.16 Å². The standard InChI is InChI=1S/C21H29N5OS/c1-5-10-26-19(16(2)3)22-23-21(26)28-15-17-6-8-18(9-7-17)20(27)25-13-11-24(4)12-14-25/h5-9,16H,1,10-15H2,2-4H3. The lowest BCUT2D eigenvalue weighted by Gasteiger charge is -2.32. The van der Waals surface area contributed by atoms with Gasteiger partial charge in [-0.15, -0.1) is 16.8 Å². The molecule has 1 aromatic carbocycles. The summed E-state index contributed by atoms with van der Waals surface area (Å²) in [6.07, 6.45) is 1.87. The molecule has 0 spiro atoms. The zero-order chi connectivity index (χ0) is 20.1. The van der Waals surface area contributed by atoms with Crippen LogP contribution < -0.4 is 0 Å². The first kappa shape index (κ1) is 20.6. The number of nitrogens with zero attached hydrogens (tertiary/aromatic N) is 5. The molecule has 6 nitrogen and oxygen atoms in total. The van der Waals surface area contributed by atoms with E-state index in [9.17, 15) is 4.79 Å². The number of thioether (sulfide) groups is 1. The molecule has 1 aromatic heterocycles. The van der Waals surface area contributed by atoms with Crippen LogP contribution in [0.5, 0.6) is 0 Å². The molecule has 1 saturated heterocycles. The Kier molecular flexibility index (Phi) is 6.91. The van der Waals surface area contributed by atoms with Crippen molar-refractivity contribution in [2.45, 2.75) is 37.2 Å². The van der Waals surface area contributed by atoms with Crippen LogP contribution in [0.2, 0.25) is 0 Å². The van der Waals surface area contributed by atoms with Crippen molar-refractivity contribution in [3.8, 4) is 0 Å². The Hall–Kier alpha value is -2.12. The van der Waals surface area contributed by atoms with E-state index in [1.807, 2.05) is 35.2 Å². The van der Waals surface area contributed by atoms with E-state index < -0.39 is 0 Å². The van der Waals surface area contributed by atoms with Crippen LogP contribution in [0.1, 0.15) is 41.5 Å². The summed E-state index contributed by atoms with van der Waals surface area (Å²) in [7, 11) is 2.09. The minimum Gasteiger partial charge on any atom is -0.336 e. The van der Waals surface area contributed by atoms with Gasteiger partial charge in [0.1, 0.15) is 5.82 Å². The number of rotatable bonds is 7. The molecule has 0 saturated carbocycles. The Morgan fingerprint density at radius 2 is 1.86 bits per heavy atom. The molecule has 0 radical (unpaired) electrons. The molecule has 0 bridgehead atoms. The van der Waals surface area contributed by atoms with E-state index in [2.05, 4.69) is 47.1 Å². The first-order chi connectivity index (χ1) is 13.5. The van der Waals surface area contributed by atoms with Gasteiger partial charge in [-0.3, -0.25) is 4.79 Å². The van der Waals surface area contributed by atoms with Crippen molar-refractivity contribution in [3.63, 3.8) is 0 Å². The maximum atomic E-state index is 12.7. The van der Waals surface area contributed by atoms with E-state index in [0.29, 0.717) is 12.5 Å². The molecular formula is C21H29N5OS. The summed E-state index contributed by atoms with van der Waals surface area (Å²) < 4.78 is 2.12. The molecular weight excluding hydrogens is 370 g/mol. The summed E-state index contributed by atoms with van der Waals surface area (Å²) in [6.45, 7) is 12.2. The van der Waals surface area contributed by atoms with Gasteiger partial charge in [0.2, 0.25) is 0 Å². The molecule has 3 rings (SSSR count). The summed E-state index contributed by atoms with van der Waals surface area (Å²) in [6, 6.07) is 7.94. The maximum Gasteiger partial charge on any atom is 0.253 e. The highest BCUT2D eigenvalue weighted by molar-refractivity contribution is 7.98. The third-order valence-electron chi connectivity index (χ3n) is 4.93. The third-order valence-corrected chi connectivity index (χ3v) is 5.97. The Bertz CT molecular complexity index is 807. The summed E-state index contributed by atoms with van der Waals surface area (Å²) in [5.74, 6) is 2.22. The normalized spacial score (nSPS) is 15.2. The van der Waals surface area contributed by atoms with Crippen molar-refractivity contribution < 1.29 is 4.79 Å². The van der Waals surface area contributed by atoms with E-state index in [1.165, 1.54) is 5.56 Å². The predicted octanol–water partition coefficient (Wildman–Crippen LogP) is 3.27. The minimum atomic E-state index is 0.125. The van der Waals surface area contributed by atoms with Crippen molar-refractivity contribution in [1.29, 1.82) is 0 Å². The number of amides is 1. The third kappa shape index (κ3) is 4.83. The number of carbonyl (C=O) groups excluding carboxylic acids is 1. The Balaban J connectivity index is 1.62. The smallest absolute Gasteiger partial charge is 0.253 e. The molecule has 2 aromatic rings. The van der Waals surface area contributed by atoms with Gasteiger partial charge in [-0.25, -0.2) is 0 Å². The van der Waals surface area contributed by atoms with Gasteiger partial charge in [0.05, 0.1) is 0 Å². The molecule has 1 aliphatic rings. The number of benzene rings is 1. The topological polar surface area (TPSA) is 54.3 Å². The molecule has 0 atom stereocenters. The van der Waals surface area contributed by atoms with Crippen LogP contribution in [0.3, 0.4) is 0 Å². The number of hydrogen-bond acceptors (Lipinski definition) is 5. The molecule has 0 unspecified atom stereocenters. The molecule has 1 amide bonds. The lowest BCUT2D eigenvalue weighted by Crippen LogP contribution is -2.47. The second-order valence-corrected chi connectivity index (χ2v) is 8.42. The number of aromatic nitrogens is 3. The molecule has 28 heavy (non-hydrogen) atoms. The number of allylic oxidation sites excluding steroid dienone is 1. The van der Waals surface area contributed by atoms with Crippen molar-refractivity contribution in [1.82, 2.24) is 24.6 Å². The molecule has 1 aliphatic heterocycles. The zero-order valence-corrected chi connectivity index (χ0v) is 17.8. The Morgan fingerprint density at radius 3 is 2.46 bits per heavy atom. The summed E-state index contributed by atoms with van der Waals surface area (Å²) in [5, 5.41) is 9.58. The first-order valence-corrected chi connectivity index (χ1v) is 10.7. The van der Waals surface area contributed by atoms with Crippen LogP contribution in [0.25, 0.3) is 0 Å². The van der Waals surface area contributed by atoms with Crippen LogP contribution in [0, 0.1) is 0 Å². The molecule has 0 aliphatic carbocycles. The highest BCUT2D eigenvalue weighted by Crippen LogP contribution is 2.25. The van der Waals surface area contributed by atoms with E-state index in [0.717, 1.165) is 48.5 Å². The monoisotopic (exact) mass is 399 g/mol. The van der Waals surface area contributed by atoms with Gasteiger partial charge in [-0.05, 0) is 24.7 Å². The minimum absolute atomic E-state index is 0.125. The Morgan fingerprint density at radius 1 is 1.18 bits per heavy atom. The van der Waals surface area contributed by atoms with E-state index >= 15 is 0 Å². The van der Waals surface area contributed by atoms with Crippen LogP contribution in [0.15, 0.2) is 42.1 Å². The number of likely N-dealkylation sites (N-methyl/N-ethyl adjacent to an activating group) is 1. The quantitative estimate of drug-likeness (QED) is 0.528. The van der Waals surface area contributed by atoms with Crippen LogP contribution in [0.4, 0.5) is 0 Å². The van der Waals surface area contributed by atoms with E-state index in [4.69, 9.17) is 0 Å². The van der Waals surface area contributed by atoms with E-state index in [1.54, 1.807) is 11.8 Å². The van der Waals surface area contributed by atoms with Gasteiger partial charge in [0.25, 0.3) is 5.91 Å². The molecule has 150 valence electrons. The number of hydrogen-bond donors (Lipinski definition) is 0. The molecule has 1 fully saturated rings. The van der Waals surface area contributed by atoms with Gasteiger partial charge in [-0.1, -0.05) is 43.8 Å². The van der Waals surface area contributed by atoms with Crippen molar-refractivity contribution >= 4 is 17.7 Å². The highest BCUT2D eigenvalue weighted by atomic mass is 32.2. The van der Waals surface area contributed by atoms with Crippen LogP contribution in [-0.4, -0.2) is 63.7 Å². The largest absolute Gasteiger partial charge is 0.336 e. The first-order valence-electron chi connectivity index (χ1n) is 9.73. The lowest BCUT2D eigenvalue weighted by molar-refractivity contribution is 0.0664. The lowest BCUT2D eigenvalue weighted by atomic mass is 10.1. The average Bonchev–Trinajstić information content (AvgIpc) is 3.10. The average molecular weight is 400 g/mol. The van der Waals surface area contributed by atoms with Gasteiger partial charge in [-0.2, -0.15) is 0 Å². The van der Waals surface area contributed by atoms with Gasteiger partial charge < -0.3 is 14.4 Å². The maximum absolute atomic E-state index is 12.7. The zero-order valence-electron chi connectivity index (χ0n) is 17.0. The van der Waals surface area contributed by atoms with Gasteiger partial charge in [0, 0.05) is 50.0 Å². The van der Waals surface area contributed by atoms with Gasteiger partial charge >= 0.3 is 0 Å². The van der Waals surface area contributed by atoms with Crippen molar-refractivity contribution in [3.05, 3.63) is 53.9 Å². The Labute approximate surface area is 171 Å². The predicted molar refractivity (Wildman–Crippen MR) is 114 cm³/mol. The fraction of sp³-hybridized carbons (Fsp3) is 0.476. The van der Waals surface area contributed by atoms with E-state index in [-0.39, 0.29) is 5.91 Å². The number of piperazine rings is 1. The van der Waals surface area contributed by atoms with Crippen molar-refractivity contribution in [2.24, 2.45) is 0 Å². The second-order valence-electron chi connectivity index (χ2n) is 7.48. The van der Waals surface area contributed by atoms with Crippen molar-refractivity contribution in [2.75, 3.05) is 33.2 Å². The molecule has 2 heterocycles. The fourth-order valence-electron chi connectivity index (χ4n) is 3.22. The number of carbonyl (C=O) groups is 1. The summed E-state index contributed by atoms with van der Waals surface area (Å²) >= 11 is 1.66. The second kappa shape index (κ2) is 9.39. The molecule has 0 N–H and O–H groups in total. The fourth-order valence-corrected chi connectivity index (χ4v) is 4.13. The molecule has 7 heteroatoms.